The van der Waals surface area contributed by atoms with E-state index in [9.17, 15) is 31.1 Å². The van der Waals surface area contributed by atoms with E-state index in [4.69, 9.17) is 11.6 Å². The number of likely N-dealkylation sites (tertiary alicyclic amines) is 1. The number of benzene rings is 2. The first-order chi connectivity index (χ1) is 15.4. The predicted octanol–water partition coefficient (Wildman–Crippen LogP) is 6.72. The van der Waals surface area contributed by atoms with E-state index in [2.05, 4.69) is 10.1 Å². The third-order valence-electron chi connectivity index (χ3n) is 5.32. The molecule has 0 aliphatic carbocycles. The molecule has 2 aromatic rings. The minimum absolute atomic E-state index is 0.121. The van der Waals surface area contributed by atoms with E-state index >= 15 is 0 Å². The van der Waals surface area contributed by atoms with Crippen molar-refractivity contribution in [2.24, 2.45) is 0 Å². The van der Waals surface area contributed by atoms with Gasteiger partial charge in [-0.25, -0.2) is 4.79 Å². The number of alkyl halides is 6. The average Bonchev–Trinajstić information content (AvgIpc) is 2.74. The van der Waals surface area contributed by atoms with E-state index < -0.39 is 36.7 Å². The Morgan fingerprint density at radius 2 is 1.82 bits per heavy atom. The maximum Gasteiger partial charge on any atom is 0.426 e. The lowest BCUT2D eigenvalue weighted by molar-refractivity contribution is -0.207. The molecule has 1 amide bonds. The average molecular weight is 495 g/mol. The fraction of sp³-hybridized carbons (Fsp3) is 0.409. The van der Waals surface area contributed by atoms with Gasteiger partial charge in [-0.2, -0.15) is 26.3 Å². The predicted molar refractivity (Wildman–Crippen MR) is 111 cm³/mol. The van der Waals surface area contributed by atoms with Gasteiger partial charge in [-0.3, -0.25) is 10.2 Å². The van der Waals surface area contributed by atoms with Crippen molar-refractivity contribution < 1.29 is 35.9 Å². The number of hydrogen-bond donors (Lipinski definition) is 1. The van der Waals surface area contributed by atoms with Crippen LogP contribution in [0.15, 0.2) is 48.5 Å². The van der Waals surface area contributed by atoms with Crippen LogP contribution in [0.25, 0.3) is 0 Å². The van der Waals surface area contributed by atoms with E-state index in [1.165, 1.54) is 35.2 Å². The second kappa shape index (κ2) is 10.2. The molecule has 1 aliphatic heterocycles. The summed E-state index contributed by atoms with van der Waals surface area (Å²) < 4.78 is 84.4. The minimum atomic E-state index is -4.82. The van der Waals surface area contributed by atoms with Gasteiger partial charge in [0.1, 0.15) is 0 Å². The van der Waals surface area contributed by atoms with Gasteiger partial charge in [-0.15, -0.1) is 0 Å². The van der Waals surface area contributed by atoms with Gasteiger partial charge in [0, 0.05) is 23.8 Å². The van der Waals surface area contributed by atoms with E-state index in [0.717, 1.165) is 12.1 Å². The maximum absolute atomic E-state index is 13.6. The van der Waals surface area contributed by atoms with Gasteiger partial charge < -0.3 is 4.74 Å². The molecule has 2 aromatic carbocycles. The van der Waals surface area contributed by atoms with Crippen LogP contribution in [-0.4, -0.2) is 42.9 Å². The van der Waals surface area contributed by atoms with Crippen LogP contribution in [0.3, 0.4) is 0 Å². The number of nitrogens with one attached hydrogen (secondary N) is 1. The van der Waals surface area contributed by atoms with Gasteiger partial charge in [-0.1, -0.05) is 29.8 Å². The first-order valence-electron chi connectivity index (χ1n) is 10.1. The zero-order valence-electron chi connectivity index (χ0n) is 17.2. The molecule has 1 fully saturated rings. The quantitative estimate of drug-likeness (QED) is 0.469. The minimum Gasteiger partial charge on any atom is -0.435 e. The Bertz CT molecular complexity index is 949. The number of nitrogens with zero attached hydrogens (tertiary/aromatic N) is 1. The molecule has 1 aliphatic rings. The molecular weight excluding hydrogens is 474 g/mol. The number of carbonyl (C=O) groups excluding carboxylic acids is 1. The topological polar surface area (TPSA) is 41.6 Å². The molecule has 0 aromatic heterocycles. The number of ether oxygens (including phenoxy) is 1. The Morgan fingerprint density at radius 1 is 1.12 bits per heavy atom. The molecule has 180 valence electrons. The van der Waals surface area contributed by atoms with E-state index in [1.807, 2.05) is 0 Å². The highest BCUT2D eigenvalue weighted by Gasteiger charge is 2.44. The van der Waals surface area contributed by atoms with Crippen LogP contribution < -0.4 is 5.32 Å². The summed E-state index contributed by atoms with van der Waals surface area (Å²) in [5, 5.41) is 2.61. The summed E-state index contributed by atoms with van der Waals surface area (Å²) in [6.07, 6.45) is -11.9. The largest absolute Gasteiger partial charge is 0.435 e. The second-order valence-corrected chi connectivity index (χ2v) is 8.23. The summed E-state index contributed by atoms with van der Waals surface area (Å²) in [5.74, 6) is -0.363. The zero-order valence-corrected chi connectivity index (χ0v) is 18.0. The third kappa shape index (κ3) is 7.26. The molecule has 1 heterocycles. The first-order valence-corrected chi connectivity index (χ1v) is 10.5. The molecule has 11 heteroatoms. The molecule has 1 N–H and O–H groups in total. The fourth-order valence-corrected chi connectivity index (χ4v) is 3.84. The number of carbonyl (C=O) groups is 1. The summed E-state index contributed by atoms with van der Waals surface area (Å²) in [5.41, 5.74) is -0.167. The normalized spacial score (nSPS) is 18.6. The van der Waals surface area contributed by atoms with Crippen molar-refractivity contribution in [3.05, 3.63) is 64.7 Å². The molecular formula is C22H21ClF6N2O2. The highest BCUT2D eigenvalue weighted by atomic mass is 35.5. The number of piperidine rings is 1. The summed E-state index contributed by atoms with van der Waals surface area (Å²) in [6.45, 7) is -0.187. The fourth-order valence-electron chi connectivity index (χ4n) is 3.71. The van der Waals surface area contributed by atoms with Gasteiger partial charge in [0.2, 0.25) is 6.10 Å². The van der Waals surface area contributed by atoms with Crippen molar-refractivity contribution in [1.29, 1.82) is 0 Å². The molecule has 33 heavy (non-hydrogen) atoms. The lowest BCUT2D eigenvalue weighted by atomic mass is 9.89. The maximum atomic E-state index is 13.6. The van der Waals surface area contributed by atoms with Gasteiger partial charge in [0.05, 0.1) is 5.56 Å². The Morgan fingerprint density at radius 3 is 2.45 bits per heavy atom. The highest BCUT2D eigenvalue weighted by Crippen LogP contribution is 2.34. The monoisotopic (exact) mass is 494 g/mol. The van der Waals surface area contributed by atoms with Gasteiger partial charge in [0.25, 0.3) is 0 Å². The molecule has 1 saturated heterocycles. The van der Waals surface area contributed by atoms with Crippen molar-refractivity contribution in [1.82, 2.24) is 4.90 Å². The third-order valence-corrected chi connectivity index (χ3v) is 5.57. The molecule has 3 rings (SSSR count). The van der Waals surface area contributed by atoms with Crippen LogP contribution in [0.2, 0.25) is 5.02 Å². The SMILES string of the molecule is O=C(Nc1ccc(Cl)cc1)O[C@@H](CN1CCC[C@H](c2cccc(C(F)(F)F)c2)C1)C(F)(F)F. The highest BCUT2D eigenvalue weighted by molar-refractivity contribution is 6.30. The summed E-state index contributed by atoms with van der Waals surface area (Å²) in [6, 6.07) is 10.6. The molecule has 0 saturated carbocycles. The lowest BCUT2D eigenvalue weighted by Crippen LogP contribution is -2.47. The Labute approximate surface area is 191 Å². The molecule has 4 nitrogen and oxygen atoms in total. The number of halogens is 7. The van der Waals surface area contributed by atoms with Crippen LogP contribution in [-0.2, 0) is 10.9 Å². The van der Waals surface area contributed by atoms with Crippen LogP contribution in [0, 0.1) is 0 Å². The van der Waals surface area contributed by atoms with E-state index in [-0.39, 0.29) is 18.2 Å². The van der Waals surface area contributed by atoms with Crippen LogP contribution in [0.1, 0.15) is 29.9 Å². The Hall–Kier alpha value is -2.46. The summed E-state index contributed by atoms with van der Waals surface area (Å²) in [4.78, 5) is 13.5. The van der Waals surface area contributed by atoms with Crippen LogP contribution >= 0.6 is 11.6 Å². The van der Waals surface area contributed by atoms with Crippen molar-refractivity contribution in [3.8, 4) is 0 Å². The Balaban J connectivity index is 1.65. The van der Waals surface area contributed by atoms with Gasteiger partial charge in [-0.05, 0) is 61.2 Å². The molecule has 0 spiro atoms. The lowest BCUT2D eigenvalue weighted by Gasteiger charge is -2.35. The standard InChI is InChI=1S/C22H21ClF6N2O2/c23-17-6-8-18(9-7-17)30-20(32)33-19(22(27,28)29)13-31-10-2-4-15(12-31)14-3-1-5-16(11-14)21(24,25)26/h1,3,5-9,11,15,19H,2,4,10,12-13H2,(H,30,32)/t15-,19-/m0/s1. The summed E-state index contributed by atoms with van der Waals surface area (Å²) >= 11 is 5.73. The number of anilines is 1. The van der Waals surface area contributed by atoms with Crippen LogP contribution in [0.5, 0.6) is 0 Å². The van der Waals surface area contributed by atoms with Crippen molar-refractivity contribution >= 4 is 23.4 Å². The number of hydrogen-bond acceptors (Lipinski definition) is 3. The molecule has 0 bridgehead atoms. The Kier molecular flexibility index (Phi) is 7.79. The van der Waals surface area contributed by atoms with E-state index in [0.29, 0.717) is 30.0 Å². The smallest absolute Gasteiger partial charge is 0.426 e. The van der Waals surface area contributed by atoms with Gasteiger partial charge in [0.15, 0.2) is 0 Å². The van der Waals surface area contributed by atoms with Crippen molar-refractivity contribution in [2.45, 2.75) is 37.2 Å². The molecule has 2 atom stereocenters. The summed E-state index contributed by atoms with van der Waals surface area (Å²) in [7, 11) is 0. The molecule has 0 radical (unpaired) electrons. The molecule has 0 unspecified atom stereocenters. The first kappa shape index (κ1) is 25.2. The number of amides is 1. The number of rotatable bonds is 5. The second-order valence-electron chi connectivity index (χ2n) is 7.79. The van der Waals surface area contributed by atoms with E-state index in [1.54, 1.807) is 6.07 Å². The van der Waals surface area contributed by atoms with Crippen molar-refractivity contribution in [3.63, 3.8) is 0 Å². The van der Waals surface area contributed by atoms with Crippen LogP contribution in [0.4, 0.5) is 36.8 Å². The zero-order chi connectivity index (χ0) is 24.2. The van der Waals surface area contributed by atoms with Crippen molar-refractivity contribution in [2.75, 3.05) is 25.0 Å². The van der Waals surface area contributed by atoms with Gasteiger partial charge >= 0.3 is 18.4 Å².